The topological polar surface area (TPSA) is 111 Å². The van der Waals surface area contributed by atoms with E-state index in [2.05, 4.69) is 15.6 Å². The van der Waals surface area contributed by atoms with Crippen molar-refractivity contribution in [2.24, 2.45) is 0 Å². The number of fused-ring (bicyclic) bond motifs is 1. The zero-order valence-corrected chi connectivity index (χ0v) is 16.3. The average Bonchev–Trinajstić information content (AvgIpc) is 3.27. The Bertz CT molecular complexity index is 990. The van der Waals surface area contributed by atoms with Gasteiger partial charge in [-0.2, -0.15) is 0 Å². The molecule has 2 N–H and O–H groups in total. The Labute approximate surface area is 164 Å². The van der Waals surface area contributed by atoms with Gasteiger partial charge in [0.15, 0.2) is 16.9 Å². The fourth-order valence-corrected chi connectivity index (χ4v) is 3.25. The van der Waals surface area contributed by atoms with Gasteiger partial charge in [-0.1, -0.05) is 12.1 Å². The van der Waals surface area contributed by atoms with Crippen molar-refractivity contribution in [1.82, 2.24) is 15.6 Å². The molecule has 146 valence electrons. The number of furan rings is 1. The van der Waals surface area contributed by atoms with E-state index in [0.717, 1.165) is 10.2 Å². The molecule has 0 saturated heterocycles. The number of nitrogens with zero attached hydrogens (tertiary/aromatic N) is 1. The number of carbonyl (C=O) groups excluding carboxylic acids is 3. The van der Waals surface area contributed by atoms with Crippen LogP contribution in [0.25, 0.3) is 21.0 Å². The fraction of sp³-hybridized carbons (Fsp3) is 0.263. The molecule has 0 bridgehead atoms. The summed E-state index contributed by atoms with van der Waals surface area (Å²) in [5.74, 6) is -1.16. The molecule has 3 amide bonds. The van der Waals surface area contributed by atoms with E-state index in [4.69, 9.17) is 9.15 Å². The predicted octanol–water partition coefficient (Wildman–Crippen LogP) is 3.34. The largest absolute Gasteiger partial charge is 0.447 e. The van der Waals surface area contributed by atoms with Crippen molar-refractivity contribution < 1.29 is 23.5 Å². The highest BCUT2D eigenvalue weighted by atomic mass is 32.1. The summed E-state index contributed by atoms with van der Waals surface area (Å²) in [7, 11) is 0. The van der Waals surface area contributed by atoms with E-state index in [-0.39, 0.29) is 11.8 Å². The Morgan fingerprint density at radius 2 is 1.86 bits per heavy atom. The number of imide groups is 1. The van der Waals surface area contributed by atoms with Crippen LogP contribution in [-0.4, -0.2) is 35.0 Å². The van der Waals surface area contributed by atoms with E-state index in [1.54, 1.807) is 19.9 Å². The minimum atomic E-state index is -1.17. The lowest BCUT2D eigenvalue weighted by Crippen LogP contribution is -2.46. The molecule has 3 aromatic rings. The van der Waals surface area contributed by atoms with Gasteiger partial charge in [0, 0.05) is 6.04 Å². The third kappa shape index (κ3) is 4.55. The molecule has 1 atom stereocenters. The van der Waals surface area contributed by atoms with Gasteiger partial charge in [-0.3, -0.25) is 10.1 Å². The van der Waals surface area contributed by atoms with E-state index in [1.165, 1.54) is 24.3 Å². The van der Waals surface area contributed by atoms with Gasteiger partial charge in [-0.05, 0) is 45.0 Å². The Morgan fingerprint density at radius 3 is 2.57 bits per heavy atom. The van der Waals surface area contributed by atoms with E-state index in [1.807, 2.05) is 24.3 Å². The molecule has 0 aliphatic heterocycles. The van der Waals surface area contributed by atoms with Crippen molar-refractivity contribution in [1.29, 1.82) is 0 Å². The molecule has 0 radical (unpaired) electrons. The number of benzene rings is 1. The van der Waals surface area contributed by atoms with Crippen LogP contribution in [0, 0.1) is 0 Å². The van der Waals surface area contributed by atoms with Gasteiger partial charge in [0.25, 0.3) is 5.91 Å². The van der Waals surface area contributed by atoms with Crippen molar-refractivity contribution in [2.75, 3.05) is 0 Å². The van der Waals surface area contributed by atoms with Crippen LogP contribution >= 0.6 is 11.3 Å². The first-order valence-electron chi connectivity index (χ1n) is 8.61. The molecule has 0 fully saturated rings. The third-order valence-corrected chi connectivity index (χ3v) is 4.67. The number of ether oxygens (including phenoxy) is 1. The highest BCUT2D eigenvalue weighted by molar-refractivity contribution is 7.21. The maximum absolute atomic E-state index is 12.2. The number of para-hydroxylation sites is 1. The highest BCUT2D eigenvalue weighted by Gasteiger charge is 2.23. The molecule has 8 nitrogen and oxygen atoms in total. The van der Waals surface area contributed by atoms with Crippen LogP contribution in [0.1, 0.15) is 31.3 Å². The van der Waals surface area contributed by atoms with Gasteiger partial charge in [0.1, 0.15) is 0 Å². The van der Waals surface area contributed by atoms with E-state index in [9.17, 15) is 14.4 Å². The molecule has 2 heterocycles. The van der Waals surface area contributed by atoms with Crippen LogP contribution in [0.15, 0.2) is 40.8 Å². The van der Waals surface area contributed by atoms with Crippen LogP contribution in [0.2, 0.25) is 0 Å². The van der Waals surface area contributed by atoms with Crippen molar-refractivity contribution in [2.45, 2.75) is 32.9 Å². The Morgan fingerprint density at radius 1 is 1.11 bits per heavy atom. The average molecular weight is 401 g/mol. The smallest absolute Gasteiger partial charge is 0.375 e. The van der Waals surface area contributed by atoms with E-state index < -0.39 is 24.0 Å². The number of esters is 1. The van der Waals surface area contributed by atoms with Crippen LogP contribution < -0.4 is 10.6 Å². The van der Waals surface area contributed by atoms with Crippen molar-refractivity contribution in [3.05, 3.63) is 42.2 Å². The molecule has 0 saturated carbocycles. The lowest BCUT2D eigenvalue weighted by molar-refractivity contribution is -0.128. The summed E-state index contributed by atoms with van der Waals surface area (Å²) in [6.45, 7) is 4.88. The molecule has 3 rings (SSSR count). The van der Waals surface area contributed by atoms with E-state index in [0.29, 0.717) is 10.8 Å². The lowest BCUT2D eigenvalue weighted by Gasteiger charge is -2.13. The first-order valence-corrected chi connectivity index (χ1v) is 9.43. The van der Waals surface area contributed by atoms with Crippen LogP contribution in [0.3, 0.4) is 0 Å². The molecule has 2 aromatic heterocycles. The van der Waals surface area contributed by atoms with Crippen molar-refractivity contribution >= 4 is 39.5 Å². The van der Waals surface area contributed by atoms with Gasteiger partial charge >= 0.3 is 12.0 Å². The summed E-state index contributed by atoms with van der Waals surface area (Å²) in [5, 5.41) is 5.25. The molecule has 0 aliphatic carbocycles. The zero-order valence-electron chi connectivity index (χ0n) is 15.5. The molecule has 0 aliphatic rings. The summed E-state index contributed by atoms with van der Waals surface area (Å²) in [6.07, 6.45) is -1.17. The number of urea groups is 1. The van der Waals surface area contributed by atoms with Crippen LogP contribution in [0.4, 0.5) is 4.79 Å². The Hall–Kier alpha value is -3.20. The minimum absolute atomic E-state index is 0.0551. The summed E-state index contributed by atoms with van der Waals surface area (Å²) < 4.78 is 11.6. The summed E-state index contributed by atoms with van der Waals surface area (Å²) in [6, 6.07) is 9.95. The molecule has 9 heteroatoms. The van der Waals surface area contributed by atoms with E-state index >= 15 is 0 Å². The maximum Gasteiger partial charge on any atom is 0.375 e. The maximum atomic E-state index is 12.2. The Balaban J connectivity index is 1.63. The summed E-state index contributed by atoms with van der Waals surface area (Å²) in [5.41, 5.74) is 0.841. The Kier molecular flexibility index (Phi) is 5.74. The SMILES string of the molecule is CC(C)NC(=O)NC(=O)[C@@H](C)OC(=O)c1ccc(-c2nc3ccccc3s2)o1. The van der Waals surface area contributed by atoms with Crippen molar-refractivity contribution in [3.63, 3.8) is 0 Å². The fourth-order valence-electron chi connectivity index (χ4n) is 2.32. The van der Waals surface area contributed by atoms with Gasteiger partial charge in [-0.25, -0.2) is 14.6 Å². The minimum Gasteiger partial charge on any atom is -0.447 e. The summed E-state index contributed by atoms with van der Waals surface area (Å²) in [4.78, 5) is 40.2. The van der Waals surface area contributed by atoms with Gasteiger partial charge < -0.3 is 14.5 Å². The number of hydrogen-bond donors (Lipinski definition) is 2. The molecule has 28 heavy (non-hydrogen) atoms. The third-order valence-electron chi connectivity index (χ3n) is 3.62. The number of hydrogen-bond acceptors (Lipinski definition) is 7. The highest BCUT2D eigenvalue weighted by Crippen LogP contribution is 2.31. The van der Waals surface area contributed by atoms with Gasteiger partial charge in [-0.15, -0.1) is 11.3 Å². The van der Waals surface area contributed by atoms with Crippen molar-refractivity contribution in [3.8, 4) is 10.8 Å². The number of rotatable bonds is 5. The monoisotopic (exact) mass is 401 g/mol. The number of aromatic nitrogens is 1. The molecule has 1 aromatic carbocycles. The van der Waals surface area contributed by atoms with Crippen LogP contribution in [-0.2, 0) is 9.53 Å². The second-order valence-corrected chi connectivity index (χ2v) is 7.35. The standard InChI is InChI=1S/C19H19N3O5S/c1-10(2)20-19(25)22-16(23)11(3)26-18(24)14-9-8-13(27-14)17-21-12-6-4-5-7-15(12)28-17/h4-11H,1-3H3,(H2,20,22,23,25)/t11-/m1/s1. The quantitative estimate of drug-likeness (QED) is 0.635. The predicted molar refractivity (Wildman–Crippen MR) is 104 cm³/mol. The molecule has 0 unspecified atom stereocenters. The summed E-state index contributed by atoms with van der Waals surface area (Å²) >= 11 is 1.44. The molecular weight excluding hydrogens is 382 g/mol. The molecular formula is C19H19N3O5S. The lowest BCUT2D eigenvalue weighted by atomic mass is 10.3. The van der Waals surface area contributed by atoms with Gasteiger partial charge in [0.2, 0.25) is 5.76 Å². The zero-order chi connectivity index (χ0) is 20.3. The number of nitrogens with one attached hydrogen (secondary N) is 2. The molecule has 0 spiro atoms. The number of thiazole rings is 1. The van der Waals surface area contributed by atoms with Gasteiger partial charge in [0.05, 0.1) is 10.2 Å². The second kappa shape index (κ2) is 8.22. The van der Waals surface area contributed by atoms with Crippen LogP contribution in [0.5, 0.6) is 0 Å². The number of amides is 3. The normalized spacial score (nSPS) is 12.0. The first-order chi connectivity index (χ1) is 13.3. The first kappa shape index (κ1) is 19.6. The second-order valence-electron chi connectivity index (χ2n) is 6.32. The number of carbonyl (C=O) groups is 3.